The summed E-state index contributed by atoms with van der Waals surface area (Å²) in [5, 5.41) is 2.70. The molecule has 0 aromatic heterocycles. The van der Waals surface area contributed by atoms with Gasteiger partial charge in [-0.1, -0.05) is 0 Å². The second-order valence-corrected chi connectivity index (χ2v) is 6.42. The molecular formula is C13H30Cl2N2O3. The second kappa shape index (κ2) is 9.05. The Morgan fingerprint density at radius 1 is 0.950 bits per heavy atom. The van der Waals surface area contributed by atoms with E-state index in [9.17, 15) is 4.79 Å². The van der Waals surface area contributed by atoms with Gasteiger partial charge in [-0.2, -0.15) is 0 Å². The van der Waals surface area contributed by atoms with Gasteiger partial charge in [0.05, 0.1) is 11.2 Å². The van der Waals surface area contributed by atoms with Gasteiger partial charge in [0.1, 0.15) is 0 Å². The van der Waals surface area contributed by atoms with E-state index in [2.05, 4.69) is 5.32 Å². The first-order valence-corrected chi connectivity index (χ1v) is 6.28. The summed E-state index contributed by atoms with van der Waals surface area (Å²) in [7, 11) is 0. The van der Waals surface area contributed by atoms with E-state index < -0.39 is 17.0 Å². The second-order valence-electron chi connectivity index (χ2n) is 6.42. The molecule has 0 bridgehead atoms. The first kappa shape index (κ1) is 24.9. The van der Waals surface area contributed by atoms with Crippen molar-refractivity contribution in [1.29, 1.82) is 0 Å². The van der Waals surface area contributed by atoms with Crippen molar-refractivity contribution in [3.05, 3.63) is 0 Å². The number of hydrogen-bond acceptors (Lipinski definition) is 4. The van der Waals surface area contributed by atoms with Crippen molar-refractivity contribution in [3.8, 4) is 0 Å². The third-order valence-corrected chi connectivity index (χ3v) is 1.84. The molecule has 0 atom stereocenters. The number of ether oxygens (including phenoxy) is 2. The monoisotopic (exact) mass is 332 g/mol. The van der Waals surface area contributed by atoms with Crippen molar-refractivity contribution in [3.63, 3.8) is 0 Å². The highest BCUT2D eigenvalue weighted by Crippen LogP contribution is 2.27. The Morgan fingerprint density at radius 3 is 1.55 bits per heavy atom. The van der Waals surface area contributed by atoms with Crippen LogP contribution in [-0.2, 0) is 14.3 Å². The summed E-state index contributed by atoms with van der Waals surface area (Å²) in [5.74, 6) is -1.64. The largest absolute Gasteiger partial charge is 0.350 e. The summed E-state index contributed by atoms with van der Waals surface area (Å²) >= 11 is 0. The van der Waals surface area contributed by atoms with E-state index in [0.29, 0.717) is 13.1 Å². The molecule has 0 aliphatic rings. The molecule has 124 valence electrons. The maximum absolute atomic E-state index is 12.2. The fourth-order valence-electron chi connectivity index (χ4n) is 1.63. The van der Waals surface area contributed by atoms with Crippen LogP contribution in [0.15, 0.2) is 0 Å². The predicted octanol–water partition coefficient (Wildman–Crippen LogP) is 2.25. The van der Waals surface area contributed by atoms with Gasteiger partial charge in [0.15, 0.2) is 0 Å². The number of nitrogens with two attached hydrogens (primary N) is 1. The Labute approximate surface area is 135 Å². The lowest BCUT2D eigenvalue weighted by atomic mass is 10.1. The molecule has 0 rings (SSSR count). The lowest BCUT2D eigenvalue weighted by molar-refractivity contribution is -0.286. The van der Waals surface area contributed by atoms with Crippen LogP contribution in [0.5, 0.6) is 0 Å². The molecule has 0 aliphatic heterocycles. The molecule has 1 amide bonds. The van der Waals surface area contributed by atoms with Crippen LogP contribution in [0.1, 0.15) is 48.5 Å². The molecule has 0 fully saturated rings. The highest BCUT2D eigenvalue weighted by Gasteiger charge is 2.42. The minimum Gasteiger partial charge on any atom is -0.350 e. The van der Waals surface area contributed by atoms with Gasteiger partial charge in [-0.25, -0.2) is 0 Å². The summed E-state index contributed by atoms with van der Waals surface area (Å²) in [6, 6.07) is 0. The van der Waals surface area contributed by atoms with Crippen LogP contribution in [0.2, 0.25) is 0 Å². The van der Waals surface area contributed by atoms with Gasteiger partial charge in [0.25, 0.3) is 5.91 Å². The zero-order valence-electron chi connectivity index (χ0n) is 13.5. The van der Waals surface area contributed by atoms with Gasteiger partial charge in [-0.3, -0.25) is 4.79 Å². The first-order chi connectivity index (χ1) is 7.90. The normalized spacial score (nSPS) is 12.2. The molecule has 0 aliphatic carbocycles. The number of amides is 1. The lowest BCUT2D eigenvalue weighted by Crippen LogP contribution is -2.55. The van der Waals surface area contributed by atoms with Crippen molar-refractivity contribution in [2.45, 2.75) is 65.5 Å². The van der Waals surface area contributed by atoms with Gasteiger partial charge in [-0.15, -0.1) is 24.8 Å². The zero-order valence-corrected chi connectivity index (χ0v) is 15.2. The van der Waals surface area contributed by atoms with Gasteiger partial charge in [-0.05, 0) is 48.5 Å². The molecule has 0 heterocycles. The Morgan fingerprint density at radius 2 is 1.30 bits per heavy atom. The van der Waals surface area contributed by atoms with E-state index in [1.165, 1.54) is 0 Å². The maximum Gasteiger partial charge on any atom is 0.280 e. The molecule has 0 aromatic rings. The fraction of sp³-hybridized carbons (Fsp3) is 0.923. The van der Waals surface area contributed by atoms with Crippen molar-refractivity contribution in [1.82, 2.24) is 5.32 Å². The topological polar surface area (TPSA) is 73.6 Å². The SMILES string of the molecule is CC(C)(C)OC(C)(OC(C)(C)C)C(=O)NCCN.Cl.Cl. The van der Waals surface area contributed by atoms with Gasteiger partial charge < -0.3 is 20.5 Å². The van der Waals surface area contributed by atoms with E-state index >= 15 is 0 Å². The quantitative estimate of drug-likeness (QED) is 0.757. The third kappa shape index (κ3) is 10.7. The summed E-state index contributed by atoms with van der Waals surface area (Å²) in [5.41, 5.74) is 4.41. The average Bonchev–Trinajstić information content (AvgIpc) is 2.07. The first-order valence-electron chi connectivity index (χ1n) is 6.28. The van der Waals surface area contributed by atoms with Crippen molar-refractivity contribution < 1.29 is 14.3 Å². The molecular weight excluding hydrogens is 303 g/mol. The number of carbonyl (C=O) groups excluding carboxylic acids is 1. The van der Waals surface area contributed by atoms with Gasteiger partial charge in [0.2, 0.25) is 5.79 Å². The highest BCUT2D eigenvalue weighted by molar-refractivity contribution is 5.85. The molecule has 3 N–H and O–H groups in total. The van der Waals surface area contributed by atoms with Gasteiger partial charge in [0, 0.05) is 13.1 Å². The lowest BCUT2D eigenvalue weighted by Gasteiger charge is -2.39. The molecule has 0 aromatic carbocycles. The van der Waals surface area contributed by atoms with Crippen LogP contribution in [0.25, 0.3) is 0 Å². The van der Waals surface area contributed by atoms with E-state index in [4.69, 9.17) is 15.2 Å². The fourth-order valence-corrected chi connectivity index (χ4v) is 1.63. The van der Waals surface area contributed by atoms with E-state index in [0.717, 1.165) is 0 Å². The number of halogens is 2. The van der Waals surface area contributed by atoms with Crippen LogP contribution in [0.4, 0.5) is 0 Å². The van der Waals surface area contributed by atoms with Crippen LogP contribution >= 0.6 is 24.8 Å². The molecule has 0 spiro atoms. The third-order valence-electron chi connectivity index (χ3n) is 1.84. The number of rotatable bonds is 5. The molecule has 0 saturated heterocycles. The van der Waals surface area contributed by atoms with Crippen molar-refractivity contribution in [2.75, 3.05) is 13.1 Å². The minimum atomic E-state index is -1.33. The Balaban J connectivity index is -0.00000144. The molecule has 5 nitrogen and oxygen atoms in total. The summed E-state index contributed by atoms with van der Waals surface area (Å²) < 4.78 is 11.6. The Bertz CT molecular complexity index is 270. The molecule has 7 heteroatoms. The van der Waals surface area contributed by atoms with Crippen LogP contribution < -0.4 is 11.1 Å². The maximum atomic E-state index is 12.2. The Hall–Kier alpha value is -0.0700. The molecule has 20 heavy (non-hydrogen) atoms. The Kier molecular flexibility index (Phi) is 11.3. The average molecular weight is 333 g/mol. The van der Waals surface area contributed by atoms with E-state index in [1.807, 2.05) is 41.5 Å². The zero-order chi connectivity index (χ0) is 14.6. The molecule has 0 radical (unpaired) electrons. The summed E-state index contributed by atoms with van der Waals surface area (Å²) in [6.45, 7) is 13.7. The highest BCUT2D eigenvalue weighted by atomic mass is 35.5. The van der Waals surface area contributed by atoms with Crippen molar-refractivity contribution >= 4 is 30.7 Å². The minimum absolute atomic E-state index is 0. The smallest absolute Gasteiger partial charge is 0.280 e. The molecule has 0 unspecified atom stereocenters. The van der Waals surface area contributed by atoms with Crippen LogP contribution in [0, 0.1) is 0 Å². The van der Waals surface area contributed by atoms with E-state index in [-0.39, 0.29) is 30.7 Å². The van der Waals surface area contributed by atoms with Crippen LogP contribution in [0.3, 0.4) is 0 Å². The number of hydrogen-bond donors (Lipinski definition) is 2. The van der Waals surface area contributed by atoms with Crippen molar-refractivity contribution in [2.24, 2.45) is 5.73 Å². The van der Waals surface area contributed by atoms with E-state index in [1.54, 1.807) is 6.92 Å². The summed E-state index contributed by atoms with van der Waals surface area (Å²) in [4.78, 5) is 12.2. The van der Waals surface area contributed by atoms with Gasteiger partial charge >= 0.3 is 0 Å². The van der Waals surface area contributed by atoms with Crippen LogP contribution in [-0.4, -0.2) is 36.0 Å². The molecule has 0 saturated carbocycles. The predicted molar refractivity (Wildman–Crippen MR) is 86.6 cm³/mol. The standard InChI is InChI=1S/C13H28N2O3.2ClH/c1-11(2,3)17-13(7,18-12(4,5)6)10(16)15-9-8-14;;/h8-9,14H2,1-7H3,(H,15,16);2*1H. The summed E-state index contributed by atoms with van der Waals surface area (Å²) in [6.07, 6.45) is 0. The number of nitrogens with one attached hydrogen (secondary N) is 1. The number of carbonyl (C=O) groups is 1.